The summed E-state index contributed by atoms with van der Waals surface area (Å²) in [7, 11) is 0. The van der Waals surface area contributed by atoms with E-state index in [9.17, 15) is 9.18 Å². The molecule has 0 aromatic heterocycles. The second-order valence-corrected chi connectivity index (χ2v) is 8.91. The molecule has 2 nitrogen and oxygen atoms in total. The minimum Gasteiger partial charge on any atom is -0.335 e. The quantitative estimate of drug-likeness (QED) is 0.770. The molecule has 4 bridgehead atoms. The first-order valence-corrected chi connectivity index (χ1v) is 9.69. The summed E-state index contributed by atoms with van der Waals surface area (Å²) in [5, 5.41) is 0. The van der Waals surface area contributed by atoms with Crippen molar-refractivity contribution in [3.63, 3.8) is 0 Å². The van der Waals surface area contributed by atoms with Crippen LogP contribution in [0.3, 0.4) is 0 Å². The Morgan fingerprint density at radius 1 is 1.08 bits per heavy atom. The Kier molecular flexibility index (Phi) is 3.30. The van der Waals surface area contributed by atoms with Gasteiger partial charge in [0.05, 0.1) is 11.5 Å². The van der Waals surface area contributed by atoms with Gasteiger partial charge in [-0.1, -0.05) is 12.1 Å². The van der Waals surface area contributed by atoms with Crippen LogP contribution in [0, 0.1) is 29.0 Å². The normalized spacial score (nSPS) is 40.3. The van der Waals surface area contributed by atoms with Crippen LogP contribution in [-0.4, -0.2) is 17.4 Å². The summed E-state index contributed by atoms with van der Waals surface area (Å²) in [6, 6.07) is 6.95. The van der Waals surface area contributed by atoms with Gasteiger partial charge in [-0.25, -0.2) is 4.39 Å². The van der Waals surface area contributed by atoms with Gasteiger partial charge in [-0.15, -0.1) is 0 Å². The van der Waals surface area contributed by atoms with Crippen molar-refractivity contribution in [1.82, 2.24) is 4.90 Å². The largest absolute Gasteiger partial charge is 0.335 e. The van der Waals surface area contributed by atoms with Gasteiger partial charge in [-0.05, 0) is 86.8 Å². The Labute approximate surface area is 143 Å². The van der Waals surface area contributed by atoms with Gasteiger partial charge >= 0.3 is 0 Å². The van der Waals surface area contributed by atoms with E-state index in [1.807, 2.05) is 6.07 Å². The molecule has 24 heavy (non-hydrogen) atoms. The number of rotatable bonds is 2. The third-order valence-electron chi connectivity index (χ3n) is 7.24. The van der Waals surface area contributed by atoms with Crippen molar-refractivity contribution in [3.8, 4) is 0 Å². The van der Waals surface area contributed by atoms with Gasteiger partial charge in [-0.3, -0.25) is 4.79 Å². The van der Waals surface area contributed by atoms with E-state index in [-0.39, 0.29) is 17.3 Å². The van der Waals surface area contributed by atoms with Gasteiger partial charge in [0.15, 0.2) is 0 Å². The molecule has 1 aromatic rings. The molecule has 1 aliphatic heterocycles. The Morgan fingerprint density at radius 3 is 2.38 bits per heavy atom. The van der Waals surface area contributed by atoms with Gasteiger partial charge in [0, 0.05) is 6.54 Å². The smallest absolute Gasteiger partial charge is 0.229 e. The number of carbonyl (C=O) groups excluding carboxylic acids is 1. The van der Waals surface area contributed by atoms with Crippen molar-refractivity contribution in [2.45, 2.75) is 57.4 Å². The first kappa shape index (κ1) is 14.9. The van der Waals surface area contributed by atoms with Gasteiger partial charge in [0.1, 0.15) is 5.82 Å². The Hall–Kier alpha value is -1.38. The summed E-state index contributed by atoms with van der Waals surface area (Å²) in [6.45, 7) is 0.849. The Morgan fingerprint density at radius 2 is 1.75 bits per heavy atom. The van der Waals surface area contributed by atoms with E-state index >= 15 is 0 Å². The maximum Gasteiger partial charge on any atom is 0.229 e. The maximum absolute atomic E-state index is 13.7. The van der Waals surface area contributed by atoms with E-state index in [2.05, 4.69) is 4.90 Å². The van der Waals surface area contributed by atoms with Gasteiger partial charge < -0.3 is 4.90 Å². The molecule has 1 saturated heterocycles. The average molecular weight is 327 g/mol. The number of amides is 1. The Bertz CT molecular complexity index is 634. The van der Waals surface area contributed by atoms with Crippen molar-refractivity contribution in [2.75, 3.05) is 6.54 Å². The summed E-state index contributed by atoms with van der Waals surface area (Å²) in [4.78, 5) is 15.7. The fourth-order valence-electron chi connectivity index (χ4n) is 6.75. The first-order valence-electron chi connectivity index (χ1n) is 9.69. The van der Waals surface area contributed by atoms with Crippen LogP contribution in [0.15, 0.2) is 24.3 Å². The monoisotopic (exact) mass is 327 g/mol. The van der Waals surface area contributed by atoms with Crippen molar-refractivity contribution in [3.05, 3.63) is 35.6 Å². The van der Waals surface area contributed by atoms with Crippen LogP contribution in [0.4, 0.5) is 4.39 Å². The summed E-state index contributed by atoms with van der Waals surface area (Å²) in [5.41, 5.74) is 0.899. The lowest BCUT2D eigenvalue weighted by molar-refractivity contribution is -0.158. The molecule has 6 rings (SSSR count). The van der Waals surface area contributed by atoms with E-state index in [1.54, 1.807) is 12.1 Å². The minimum absolute atomic E-state index is 0.0787. The molecule has 0 spiro atoms. The van der Waals surface area contributed by atoms with E-state index in [4.69, 9.17) is 0 Å². The number of hydrogen-bond donors (Lipinski definition) is 0. The molecule has 4 aliphatic carbocycles. The summed E-state index contributed by atoms with van der Waals surface area (Å²) < 4.78 is 13.7. The highest BCUT2D eigenvalue weighted by atomic mass is 19.1. The molecule has 1 atom stereocenters. The highest BCUT2D eigenvalue weighted by Crippen LogP contribution is 2.61. The number of likely N-dealkylation sites (tertiary alicyclic amines) is 1. The minimum atomic E-state index is -0.193. The van der Waals surface area contributed by atoms with Gasteiger partial charge in [0.25, 0.3) is 0 Å². The lowest BCUT2D eigenvalue weighted by atomic mass is 9.49. The van der Waals surface area contributed by atoms with Crippen LogP contribution in [0.25, 0.3) is 0 Å². The molecule has 3 heteroatoms. The van der Waals surface area contributed by atoms with Crippen LogP contribution in [-0.2, 0) is 4.79 Å². The van der Waals surface area contributed by atoms with Crippen LogP contribution in [0.1, 0.15) is 63.0 Å². The standard InChI is InChI=1S/C21H26FNO/c22-18-4-1-3-17(10-18)19-5-2-6-23(19)20(24)21-11-14-7-15(12-21)9-16(8-14)13-21/h1,3-4,10,14-16,19H,2,5-9,11-13H2/t14?,15?,16?,19-,21?/m1/s1. The van der Waals surface area contributed by atoms with E-state index in [0.29, 0.717) is 5.91 Å². The van der Waals surface area contributed by atoms with E-state index in [1.165, 1.54) is 25.3 Å². The van der Waals surface area contributed by atoms with E-state index < -0.39 is 0 Å². The summed E-state index contributed by atoms with van der Waals surface area (Å²) in [5.74, 6) is 2.57. The van der Waals surface area contributed by atoms with Crippen LogP contribution in [0.2, 0.25) is 0 Å². The maximum atomic E-state index is 13.7. The molecular weight excluding hydrogens is 301 g/mol. The predicted molar refractivity (Wildman–Crippen MR) is 90.7 cm³/mol. The fraction of sp³-hybridized carbons (Fsp3) is 0.667. The third kappa shape index (κ3) is 2.23. The lowest BCUT2D eigenvalue weighted by Gasteiger charge is -2.56. The second kappa shape index (κ2) is 5.31. The zero-order valence-electron chi connectivity index (χ0n) is 14.2. The number of nitrogens with zero attached hydrogens (tertiary/aromatic N) is 1. The molecule has 5 aliphatic rings. The van der Waals surface area contributed by atoms with Crippen LogP contribution in [0.5, 0.6) is 0 Å². The van der Waals surface area contributed by atoms with Crippen LogP contribution >= 0.6 is 0 Å². The van der Waals surface area contributed by atoms with Gasteiger partial charge in [-0.2, -0.15) is 0 Å². The molecule has 1 aromatic carbocycles. The predicted octanol–water partition coefficient (Wildman–Crippen LogP) is 4.71. The highest BCUT2D eigenvalue weighted by Gasteiger charge is 2.56. The highest BCUT2D eigenvalue weighted by molar-refractivity contribution is 5.84. The van der Waals surface area contributed by atoms with Crippen molar-refractivity contribution in [1.29, 1.82) is 0 Å². The van der Waals surface area contributed by atoms with Crippen molar-refractivity contribution >= 4 is 5.91 Å². The molecule has 128 valence electrons. The summed E-state index contributed by atoms with van der Waals surface area (Å²) >= 11 is 0. The third-order valence-corrected chi connectivity index (χ3v) is 7.24. The lowest BCUT2D eigenvalue weighted by Crippen LogP contribution is -2.54. The van der Waals surface area contributed by atoms with Crippen molar-refractivity contribution in [2.24, 2.45) is 23.2 Å². The molecule has 0 N–H and O–H groups in total. The molecule has 1 amide bonds. The molecule has 4 saturated carbocycles. The van der Waals surface area contributed by atoms with Gasteiger partial charge in [0.2, 0.25) is 5.91 Å². The topological polar surface area (TPSA) is 20.3 Å². The SMILES string of the molecule is O=C(N1CCC[C@@H]1c1cccc(F)c1)C12CC3CC(CC(C3)C1)C2. The zero-order valence-corrected chi connectivity index (χ0v) is 14.2. The summed E-state index contributed by atoms with van der Waals surface area (Å²) in [6.07, 6.45) is 9.44. The molecule has 0 radical (unpaired) electrons. The van der Waals surface area contributed by atoms with Crippen molar-refractivity contribution < 1.29 is 9.18 Å². The molecule has 1 heterocycles. The zero-order chi connectivity index (χ0) is 16.3. The molecule has 5 fully saturated rings. The fourth-order valence-corrected chi connectivity index (χ4v) is 6.75. The van der Waals surface area contributed by atoms with E-state index in [0.717, 1.165) is 62.0 Å². The van der Waals surface area contributed by atoms with Crippen LogP contribution < -0.4 is 0 Å². The number of halogens is 1. The first-order chi connectivity index (χ1) is 11.6. The second-order valence-electron chi connectivity index (χ2n) is 8.91. The average Bonchev–Trinajstić information content (AvgIpc) is 3.02. The number of carbonyl (C=O) groups is 1. The number of hydrogen-bond acceptors (Lipinski definition) is 1. The Balaban J connectivity index is 1.44. The molecular formula is C21H26FNO. The molecule has 0 unspecified atom stereocenters. The number of benzene rings is 1.